The fraction of sp³-hybridized carbons (Fsp3) is 0.150. The van der Waals surface area contributed by atoms with Crippen LogP contribution in [0.4, 0.5) is 26.5 Å². The highest BCUT2D eigenvalue weighted by Crippen LogP contribution is 2.26. The Labute approximate surface area is 187 Å². The first-order valence-electron chi connectivity index (χ1n) is 8.96. The van der Waals surface area contributed by atoms with Gasteiger partial charge in [-0.05, 0) is 36.4 Å². The zero-order valence-corrected chi connectivity index (χ0v) is 17.7. The molecule has 2 amide bonds. The molecule has 4 rings (SSSR count). The van der Waals surface area contributed by atoms with Crippen molar-refractivity contribution in [1.82, 2.24) is 14.9 Å². The highest BCUT2D eigenvalue weighted by atomic mass is 35.5. The van der Waals surface area contributed by atoms with Crippen molar-refractivity contribution in [3.8, 4) is 0 Å². The van der Waals surface area contributed by atoms with Crippen LogP contribution in [0.2, 0.25) is 15.1 Å². The maximum Gasteiger partial charge on any atom is 0.322 e. The smallest absolute Gasteiger partial charge is 0.322 e. The number of fused-ring (bicyclic) bond motifs is 1. The SMILES string of the molecule is O=C(Nc1ccc(F)c(Cl)c1)N1CCc2nc(Nc3cc(Cl)cc(Cl)c3)ncc2C1. The average Bonchev–Trinajstić information content (AvgIpc) is 2.69. The summed E-state index contributed by atoms with van der Waals surface area (Å²) in [7, 11) is 0. The Morgan fingerprint density at radius 3 is 2.57 bits per heavy atom. The number of hydrogen-bond donors (Lipinski definition) is 2. The average molecular weight is 467 g/mol. The molecule has 2 N–H and O–H groups in total. The van der Waals surface area contributed by atoms with Crippen molar-refractivity contribution < 1.29 is 9.18 Å². The Bertz CT molecular complexity index is 1110. The molecule has 154 valence electrons. The summed E-state index contributed by atoms with van der Waals surface area (Å²) in [6.45, 7) is 0.840. The largest absolute Gasteiger partial charge is 0.324 e. The van der Waals surface area contributed by atoms with E-state index >= 15 is 0 Å². The van der Waals surface area contributed by atoms with E-state index in [0.29, 0.717) is 46.9 Å². The Morgan fingerprint density at radius 1 is 1.07 bits per heavy atom. The van der Waals surface area contributed by atoms with Gasteiger partial charge in [0.05, 0.1) is 17.3 Å². The van der Waals surface area contributed by atoms with Crippen LogP contribution in [0.3, 0.4) is 0 Å². The van der Waals surface area contributed by atoms with Gasteiger partial charge in [-0.2, -0.15) is 0 Å². The summed E-state index contributed by atoms with van der Waals surface area (Å²) in [5.74, 6) is -0.117. The molecule has 6 nitrogen and oxygen atoms in total. The van der Waals surface area contributed by atoms with E-state index < -0.39 is 5.82 Å². The number of nitrogens with zero attached hydrogens (tertiary/aromatic N) is 3. The van der Waals surface area contributed by atoms with Crippen LogP contribution in [0, 0.1) is 5.82 Å². The third-order valence-electron chi connectivity index (χ3n) is 4.51. The first kappa shape index (κ1) is 20.7. The van der Waals surface area contributed by atoms with E-state index in [1.54, 1.807) is 29.3 Å². The molecule has 0 bridgehead atoms. The summed E-state index contributed by atoms with van der Waals surface area (Å²) in [5.41, 5.74) is 2.81. The van der Waals surface area contributed by atoms with Gasteiger partial charge in [-0.3, -0.25) is 0 Å². The van der Waals surface area contributed by atoms with Crippen LogP contribution in [0.1, 0.15) is 11.3 Å². The molecular weight excluding hydrogens is 452 g/mol. The van der Waals surface area contributed by atoms with E-state index in [1.807, 2.05) is 0 Å². The molecule has 0 radical (unpaired) electrons. The molecule has 10 heteroatoms. The Hall–Kier alpha value is -2.61. The number of anilines is 3. The topological polar surface area (TPSA) is 70.2 Å². The highest BCUT2D eigenvalue weighted by molar-refractivity contribution is 6.35. The van der Waals surface area contributed by atoms with Crippen LogP contribution in [-0.4, -0.2) is 27.4 Å². The van der Waals surface area contributed by atoms with Crippen LogP contribution < -0.4 is 10.6 Å². The number of urea groups is 1. The Morgan fingerprint density at radius 2 is 1.83 bits per heavy atom. The van der Waals surface area contributed by atoms with Crippen molar-refractivity contribution in [2.45, 2.75) is 13.0 Å². The minimum Gasteiger partial charge on any atom is -0.324 e. The van der Waals surface area contributed by atoms with E-state index in [0.717, 1.165) is 11.3 Å². The van der Waals surface area contributed by atoms with Crippen molar-refractivity contribution in [3.05, 3.63) is 74.7 Å². The second-order valence-corrected chi connectivity index (χ2v) is 7.96. The van der Waals surface area contributed by atoms with Gasteiger partial charge in [0.2, 0.25) is 5.95 Å². The van der Waals surface area contributed by atoms with Crippen molar-refractivity contribution in [2.75, 3.05) is 17.2 Å². The molecule has 0 aliphatic carbocycles. The zero-order valence-electron chi connectivity index (χ0n) is 15.4. The van der Waals surface area contributed by atoms with Gasteiger partial charge in [-0.15, -0.1) is 0 Å². The molecule has 30 heavy (non-hydrogen) atoms. The van der Waals surface area contributed by atoms with Crippen LogP contribution in [0.25, 0.3) is 0 Å². The van der Waals surface area contributed by atoms with E-state index in [1.165, 1.54) is 18.2 Å². The monoisotopic (exact) mass is 465 g/mol. The van der Waals surface area contributed by atoms with Gasteiger partial charge in [0.25, 0.3) is 0 Å². The molecule has 0 atom stereocenters. The Kier molecular flexibility index (Phi) is 5.94. The lowest BCUT2D eigenvalue weighted by atomic mass is 10.1. The van der Waals surface area contributed by atoms with Crippen LogP contribution in [0.5, 0.6) is 0 Å². The molecule has 1 aliphatic heterocycles. The number of aromatic nitrogens is 2. The third-order valence-corrected chi connectivity index (χ3v) is 5.24. The molecule has 3 aromatic rings. The minimum absolute atomic E-state index is 0.0498. The van der Waals surface area contributed by atoms with Gasteiger partial charge in [0, 0.05) is 46.1 Å². The van der Waals surface area contributed by atoms with Gasteiger partial charge < -0.3 is 15.5 Å². The van der Waals surface area contributed by atoms with E-state index in [4.69, 9.17) is 34.8 Å². The van der Waals surface area contributed by atoms with Crippen LogP contribution >= 0.6 is 34.8 Å². The summed E-state index contributed by atoms with van der Waals surface area (Å²) >= 11 is 17.8. The first-order valence-corrected chi connectivity index (χ1v) is 10.1. The number of carbonyl (C=O) groups excluding carboxylic acids is 1. The van der Waals surface area contributed by atoms with Crippen LogP contribution in [-0.2, 0) is 13.0 Å². The standard InChI is InChI=1S/C20H15Cl3FN5O/c21-12-5-13(22)7-15(6-12)26-19-25-9-11-10-29(4-3-18(11)28-19)20(30)27-14-1-2-17(24)16(23)8-14/h1-2,5-9H,3-4,10H2,(H,27,30)(H,25,26,28). The van der Waals surface area contributed by atoms with E-state index in [-0.39, 0.29) is 11.1 Å². The molecule has 0 unspecified atom stereocenters. The molecule has 0 saturated heterocycles. The number of halogens is 4. The lowest BCUT2D eigenvalue weighted by Gasteiger charge is -2.28. The quantitative estimate of drug-likeness (QED) is 0.503. The highest BCUT2D eigenvalue weighted by Gasteiger charge is 2.22. The van der Waals surface area contributed by atoms with Gasteiger partial charge in [-0.1, -0.05) is 34.8 Å². The summed E-state index contributed by atoms with van der Waals surface area (Å²) in [4.78, 5) is 23.0. The van der Waals surface area contributed by atoms with Crippen molar-refractivity contribution >= 4 is 58.2 Å². The molecule has 1 aliphatic rings. The number of hydrogen-bond acceptors (Lipinski definition) is 4. The molecule has 0 fully saturated rings. The third kappa shape index (κ3) is 4.75. The number of carbonyl (C=O) groups is 1. The summed E-state index contributed by atoms with van der Waals surface area (Å²) < 4.78 is 13.3. The van der Waals surface area contributed by atoms with Crippen molar-refractivity contribution in [1.29, 1.82) is 0 Å². The number of amides is 2. The van der Waals surface area contributed by atoms with Crippen molar-refractivity contribution in [2.24, 2.45) is 0 Å². The van der Waals surface area contributed by atoms with Crippen LogP contribution in [0.15, 0.2) is 42.6 Å². The van der Waals surface area contributed by atoms with Crippen molar-refractivity contribution in [3.63, 3.8) is 0 Å². The zero-order chi connectivity index (χ0) is 21.3. The molecular formula is C20H15Cl3FN5O. The van der Waals surface area contributed by atoms with Gasteiger partial charge >= 0.3 is 6.03 Å². The maximum absolute atomic E-state index is 13.3. The molecule has 2 heterocycles. The van der Waals surface area contributed by atoms with E-state index in [9.17, 15) is 9.18 Å². The number of rotatable bonds is 3. The number of nitrogens with one attached hydrogen (secondary N) is 2. The molecule has 0 saturated carbocycles. The molecule has 0 spiro atoms. The normalized spacial score (nSPS) is 13.0. The molecule has 1 aromatic heterocycles. The summed E-state index contributed by atoms with van der Waals surface area (Å²) in [6.07, 6.45) is 2.26. The first-order chi connectivity index (χ1) is 14.4. The van der Waals surface area contributed by atoms with Gasteiger partial charge in [0.1, 0.15) is 5.82 Å². The lowest BCUT2D eigenvalue weighted by molar-refractivity contribution is 0.206. The lowest BCUT2D eigenvalue weighted by Crippen LogP contribution is -2.39. The summed E-state index contributed by atoms with van der Waals surface area (Å²) in [6, 6.07) is 8.82. The second kappa shape index (κ2) is 8.63. The second-order valence-electron chi connectivity index (χ2n) is 6.68. The predicted octanol–water partition coefficient (Wildman–Crippen LogP) is 5.91. The predicted molar refractivity (Wildman–Crippen MR) is 116 cm³/mol. The fourth-order valence-electron chi connectivity index (χ4n) is 3.08. The van der Waals surface area contributed by atoms with Gasteiger partial charge in [0.15, 0.2) is 0 Å². The van der Waals surface area contributed by atoms with E-state index in [2.05, 4.69) is 20.6 Å². The minimum atomic E-state index is -0.539. The molecule has 2 aromatic carbocycles. The number of benzene rings is 2. The fourth-order valence-corrected chi connectivity index (χ4v) is 3.79. The summed E-state index contributed by atoms with van der Waals surface area (Å²) in [5, 5.41) is 6.77. The Balaban J connectivity index is 1.44. The maximum atomic E-state index is 13.3. The van der Waals surface area contributed by atoms with Gasteiger partial charge in [-0.25, -0.2) is 19.2 Å².